The fraction of sp³-hybridized carbons (Fsp3) is 0.267. The molecule has 2 rings (SSSR count). The summed E-state index contributed by atoms with van der Waals surface area (Å²) in [4.78, 5) is 6.50. The van der Waals surface area contributed by atoms with Gasteiger partial charge in [0.15, 0.2) is 0 Å². The molecule has 0 fully saturated rings. The minimum Gasteiger partial charge on any atom is -0.302 e. The van der Waals surface area contributed by atoms with Crippen LogP contribution in [0, 0.1) is 0 Å². The van der Waals surface area contributed by atoms with Crippen LogP contribution in [-0.2, 0) is 13.0 Å². The molecule has 0 aliphatic heterocycles. The zero-order valence-electron chi connectivity index (χ0n) is 10.5. The third-order valence-electron chi connectivity index (χ3n) is 2.84. The maximum absolute atomic E-state index is 4.18. The summed E-state index contributed by atoms with van der Waals surface area (Å²) in [6.45, 7) is 1.98. The number of aromatic nitrogens is 1. The first-order valence-corrected chi connectivity index (χ1v) is 6.85. The van der Waals surface area contributed by atoms with Crippen molar-refractivity contribution in [1.82, 2.24) is 9.88 Å². The molecule has 0 saturated heterocycles. The lowest BCUT2D eigenvalue weighted by atomic mass is 10.1. The highest BCUT2D eigenvalue weighted by Crippen LogP contribution is 2.11. The number of pyridine rings is 1. The Morgan fingerprint density at radius 1 is 1.11 bits per heavy atom. The lowest BCUT2D eigenvalue weighted by Gasteiger charge is -2.16. The van der Waals surface area contributed by atoms with Gasteiger partial charge >= 0.3 is 0 Å². The Labute approximate surface area is 117 Å². The van der Waals surface area contributed by atoms with Crippen LogP contribution in [0.2, 0.25) is 0 Å². The van der Waals surface area contributed by atoms with Crippen molar-refractivity contribution >= 4 is 15.9 Å². The summed E-state index contributed by atoms with van der Waals surface area (Å²) in [7, 11) is 2.14. The summed E-state index contributed by atoms with van der Waals surface area (Å²) >= 11 is 3.45. The fourth-order valence-corrected chi connectivity index (χ4v) is 2.31. The van der Waals surface area contributed by atoms with Crippen LogP contribution in [0.1, 0.15) is 11.1 Å². The van der Waals surface area contributed by atoms with Crippen molar-refractivity contribution in [3.63, 3.8) is 0 Å². The topological polar surface area (TPSA) is 16.1 Å². The Hall–Kier alpha value is -1.19. The molecule has 18 heavy (non-hydrogen) atoms. The molecule has 0 unspecified atom stereocenters. The molecule has 3 heteroatoms. The van der Waals surface area contributed by atoms with Gasteiger partial charge in [-0.25, -0.2) is 0 Å². The molecule has 2 nitrogen and oxygen atoms in total. The molecule has 0 bridgehead atoms. The molecule has 2 aromatic rings. The Morgan fingerprint density at radius 2 is 1.89 bits per heavy atom. The van der Waals surface area contributed by atoms with E-state index in [-0.39, 0.29) is 0 Å². The van der Waals surface area contributed by atoms with E-state index in [1.54, 1.807) is 0 Å². The van der Waals surface area contributed by atoms with Crippen molar-refractivity contribution in [2.24, 2.45) is 0 Å². The van der Waals surface area contributed by atoms with Gasteiger partial charge in [0.2, 0.25) is 0 Å². The number of halogens is 1. The third kappa shape index (κ3) is 4.24. The van der Waals surface area contributed by atoms with E-state index in [0.29, 0.717) is 0 Å². The zero-order valence-corrected chi connectivity index (χ0v) is 12.1. The van der Waals surface area contributed by atoms with E-state index in [4.69, 9.17) is 0 Å². The lowest BCUT2D eigenvalue weighted by molar-refractivity contribution is 0.330. The van der Waals surface area contributed by atoms with Crippen LogP contribution in [0.25, 0.3) is 0 Å². The van der Waals surface area contributed by atoms with Crippen molar-refractivity contribution < 1.29 is 0 Å². The number of likely N-dealkylation sites (N-methyl/N-ethyl adjacent to an activating group) is 1. The molecule has 0 radical (unpaired) electrons. The Kier molecular flexibility index (Phi) is 4.90. The van der Waals surface area contributed by atoms with E-state index in [1.807, 2.05) is 12.4 Å². The molecule has 0 aliphatic rings. The first-order valence-electron chi connectivity index (χ1n) is 6.06. The predicted molar refractivity (Wildman–Crippen MR) is 78.4 cm³/mol. The second-order valence-corrected chi connectivity index (χ2v) is 5.40. The van der Waals surface area contributed by atoms with Crippen LogP contribution < -0.4 is 0 Å². The van der Waals surface area contributed by atoms with E-state index in [1.165, 1.54) is 11.1 Å². The highest BCUT2D eigenvalue weighted by molar-refractivity contribution is 9.10. The fourth-order valence-electron chi connectivity index (χ4n) is 1.90. The summed E-state index contributed by atoms with van der Waals surface area (Å²) < 4.78 is 1.04. The summed E-state index contributed by atoms with van der Waals surface area (Å²) in [6.07, 6.45) is 4.82. The second-order valence-electron chi connectivity index (χ2n) is 4.48. The van der Waals surface area contributed by atoms with Crippen LogP contribution in [-0.4, -0.2) is 23.5 Å². The van der Waals surface area contributed by atoms with Gasteiger partial charge in [-0.3, -0.25) is 4.98 Å². The minimum atomic E-state index is 0.930. The van der Waals surface area contributed by atoms with Crippen LogP contribution in [0.3, 0.4) is 0 Å². The molecule has 0 spiro atoms. The van der Waals surface area contributed by atoms with Gasteiger partial charge in [0, 0.05) is 30.0 Å². The zero-order chi connectivity index (χ0) is 12.8. The van der Waals surface area contributed by atoms with Crippen molar-refractivity contribution in [1.29, 1.82) is 0 Å². The molecule has 1 aromatic carbocycles. The average Bonchev–Trinajstić information content (AvgIpc) is 2.38. The quantitative estimate of drug-likeness (QED) is 0.840. The number of rotatable bonds is 5. The van der Waals surface area contributed by atoms with E-state index >= 15 is 0 Å². The molecule has 0 amide bonds. The molecule has 0 atom stereocenters. The maximum atomic E-state index is 4.18. The highest BCUT2D eigenvalue weighted by Gasteiger charge is 2.02. The van der Waals surface area contributed by atoms with Crippen molar-refractivity contribution in [3.05, 3.63) is 64.4 Å². The van der Waals surface area contributed by atoms with Gasteiger partial charge in [-0.2, -0.15) is 0 Å². The van der Waals surface area contributed by atoms with Crippen molar-refractivity contribution in [2.45, 2.75) is 13.0 Å². The lowest BCUT2D eigenvalue weighted by Crippen LogP contribution is -2.20. The van der Waals surface area contributed by atoms with E-state index in [2.05, 4.69) is 69.3 Å². The molecular formula is C15H17BrN2. The number of nitrogens with zero attached hydrogens (tertiary/aromatic N) is 2. The average molecular weight is 305 g/mol. The normalized spacial score (nSPS) is 10.8. The standard InChI is InChI=1S/C15H17BrN2/c1-18(8-7-13-5-3-2-4-6-13)12-14-9-15(16)11-17-10-14/h2-6,9-11H,7-8,12H2,1H3. The minimum absolute atomic E-state index is 0.930. The first-order chi connectivity index (χ1) is 8.74. The van der Waals surface area contributed by atoms with Crippen molar-refractivity contribution in [3.8, 4) is 0 Å². The number of hydrogen-bond donors (Lipinski definition) is 0. The molecule has 0 saturated carbocycles. The molecule has 0 N–H and O–H groups in total. The highest BCUT2D eigenvalue weighted by atomic mass is 79.9. The van der Waals surface area contributed by atoms with Gasteiger partial charge in [-0.05, 0) is 46.6 Å². The summed E-state index contributed by atoms with van der Waals surface area (Å²) in [5, 5.41) is 0. The first kappa shape index (κ1) is 13.2. The molecule has 94 valence electrons. The SMILES string of the molecule is CN(CCc1ccccc1)Cc1cncc(Br)c1. The van der Waals surface area contributed by atoms with Crippen LogP contribution in [0.4, 0.5) is 0 Å². The predicted octanol–water partition coefficient (Wildman–Crippen LogP) is 3.52. The Bertz CT molecular complexity index is 485. The summed E-state index contributed by atoms with van der Waals surface area (Å²) in [5.41, 5.74) is 2.62. The van der Waals surface area contributed by atoms with Crippen LogP contribution in [0.5, 0.6) is 0 Å². The molecule has 1 heterocycles. The maximum Gasteiger partial charge on any atom is 0.0410 e. The van der Waals surface area contributed by atoms with Crippen LogP contribution in [0.15, 0.2) is 53.3 Å². The largest absolute Gasteiger partial charge is 0.302 e. The number of hydrogen-bond acceptors (Lipinski definition) is 2. The van der Waals surface area contributed by atoms with Gasteiger partial charge in [0.25, 0.3) is 0 Å². The second kappa shape index (κ2) is 6.66. The van der Waals surface area contributed by atoms with E-state index in [9.17, 15) is 0 Å². The van der Waals surface area contributed by atoms with Crippen LogP contribution >= 0.6 is 15.9 Å². The van der Waals surface area contributed by atoms with Gasteiger partial charge < -0.3 is 4.90 Å². The van der Waals surface area contributed by atoms with Gasteiger partial charge in [-0.1, -0.05) is 30.3 Å². The third-order valence-corrected chi connectivity index (χ3v) is 3.27. The van der Waals surface area contributed by atoms with Gasteiger partial charge in [-0.15, -0.1) is 0 Å². The van der Waals surface area contributed by atoms with Gasteiger partial charge in [0.1, 0.15) is 0 Å². The molecule has 0 aliphatic carbocycles. The molecule has 1 aromatic heterocycles. The number of benzene rings is 1. The van der Waals surface area contributed by atoms with Gasteiger partial charge in [0.05, 0.1) is 0 Å². The van der Waals surface area contributed by atoms with Crippen molar-refractivity contribution in [2.75, 3.05) is 13.6 Å². The van der Waals surface area contributed by atoms with E-state index in [0.717, 1.165) is 24.0 Å². The smallest absolute Gasteiger partial charge is 0.0410 e. The monoisotopic (exact) mass is 304 g/mol. The van der Waals surface area contributed by atoms with E-state index < -0.39 is 0 Å². The summed E-state index contributed by atoms with van der Waals surface area (Å²) in [5.74, 6) is 0. The Morgan fingerprint density at radius 3 is 2.61 bits per heavy atom. The Balaban J connectivity index is 1.84. The molecular weight excluding hydrogens is 288 g/mol. The summed E-state index contributed by atoms with van der Waals surface area (Å²) in [6, 6.07) is 12.7.